The van der Waals surface area contributed by atoms with E-state index in [0.29, 0.717) is 16.5 Å². The summed E-state index contributed by atoms with van der Waals surface area (Å²) in [5.41, 5.74) is 2.74. The highest BCUT2D eigenvalue weighted by molar-refractivity contribution is 6.07. The van der Waals surface area contributed by atoms with Crippen LogP contribution in [-0.4, -0.2) is 9.38 Å². The fraction of sp³-hybridized carbons (Fsp3) is 0.0556. The number of nitrogens with zero attached hydrogens (tertiary/aromatic N) is 3. The molecule has 3 aromatic heterocycles. The first-order chi connectivity index (χ1) is 10.7. The number of hydrogen-bond donors (Lipinski definition) is 0. The molecular weight excluding hydrogens is 274 g/mol. The highest BCUT2D eigenvalue weighted by Gasteiger charge is 2.11. The van der Waals surface area contributed by atoms with Gasteiger partial charge in [-0.05, 0) is 31.2 Å². The standard InChI is InChI=1S/C18H11N3O/c1-11-17-15(14-4-2-3-5-16(14)20-11)9-13-8-12(10-19)6-7-21(13)18(17)22/h2-9H,1H3. The summed E-state index contributed by atoms with van der Waals surface area (Å²) in [6.45, 7) is 1.85. The average molecular weight is 285 g/mol. The Kier molecular flexibility index (Phi) is 2.51. The number of hydrogen-bond acceptors (Lipinski definition) is 3. The number of benzene rings is 1. The third kappa shape index (κ3) is 1.63. The maximum atomic E-state index is 12.8. The predicted molar refractivity (Wildman–Crippen MR) is 85.9 cm³/mol. The zero-order chi connectivity index (χ0) is 15.3. The molecule has 0 aliphatic carbocycles. The number of aromatic nitrogens is 2. The molecule has 0 aliphatic rings. The summed E-state index contributed by atoms with van der Waals surface area (Å²) in [6.07, 6.45) is 1.64. The molecule has 104 valence electrons. The molecule has 0 fully saturated rings. The molecule has 0 amide bonds. The molecule has 0 saturated carbocycles. The zero-order valence-corrected chi connectivity index (χ0v) is 11.9. The van der Waals surface area contributed by atoms with E-state index in [-0.39, 0.29) is 5.56 Å². The van der Waals surface area contributed by atoms with Crippen molar-refractivity contribution >= 4 is 27.2 Å². The summed E-state index contributed by atoms with van der Waals surface area (Å²) in [6, 6.07) is 15.2. The summed E-state index contributed by atoms with van der Waals surface area (Å²) in [4.78, 5) is 17.3. The van der Waals surface area contributed by atoms with Gasteiger partial charge in [-0.15, -0.1) is 0 Å². The van der Waals surface area contributed by atoms with Gasteiger partial charge in [-0.3, -0.25) is 14.2 Å². The first kappa shape index (κ1) is 12.5. The van der Waals surface area contributed by atoms with Gasteiger partial charge in [-0.2, -0.15) is 5.26 Å². The van der Waals surface area contributed by atoms with Crippen LogP contribution >= 0.6 is 0 Å². The van der Waals surface area contributed by atoms with Crippen molar-refractivity contribution in [3.05, 3.63) is 70.3 Å². The number of para-hydroxylation sites is 1. The molecule has 4 aromatic rings. The largest absolute Gasteiger partial charge is 0.284 e. The molecule has 0 N–H and O–H groups in total. The van der Waals surface area contributed by atoms with E-state index in [2.05, 4.69) is 11.1 Å². The van der Waals surface area contributed by atoms with Crippen LogP contribution in [0.4, 0.5) is 0 Å². The van der Waals surface area contributed by atoms with Crippen LogP contribution in [0.25, 0.3) is 27.2 Å². The summed E-state index contributed by atoms with van der Waals surface area (Å²) in [7, 11) is 0. The first-order valence-corrected chi connectivity index (χ1v) is 6.93. The summed E-state index contributed by atoms with van der Waals surface area (Å²) >= 11 is 0. The Morgan fingerprint density at radius 3 is 2.77 bits per heavy atom. The maximum absolute atomic E-state index is 12.8. The molecule has 4 rings (SSSR count). The van der Waals surface area contributed by atoms with Crippen molar-refractivity contribution < 1.29 is 0 Å². The van der Waals surface area contributed by atoms with E-state index in [4.69, 9.17) is 5.26 Å². The lowest BCUT2D eigenvalue weighted by atomic mass is 10.0. The molecule has 4 nitrogen and oxygen atoms in total. The van der Waals surface area contributed by atoms with Crippen LogP contribution in [0.5, 0.6) is 0 Å². The van der Waals surface area contributed by atoms with E-state index in [0.717, 1.165) is 22.0 Å². The van der Waals surface area contributed by atoms with Crippen LogP contribution in [-0.2, 0) is 0 Å². The normalized spacial score (nSPS) is 11.1. The maximum Gasteiger partial charge on any atom is 0.264 e. The molecule has 0 unspecified atom stereocenters. The highest BCUT2D eigenvalue weighted by atomic mass is 16.1. The Morgan fingerprint density at radius 2 is 1.95 bits per heavy atom. The van der Waals surface area contributed by atoms with Crippen LogP contribution in [0.3, 0.4) is 0 Å². The molecule has 1 aromatic carbocycles. The number of aryl methyl sites for hydroxylation is 1. The molecule has 0 bridgehead atoms. The Morgan fingerprint density at radius 1 is 1.14 bits per heavy atom. The van der Waals surface area contributed by atoms with Gasteiger partial charge in [0.25, 0.3) is 5.56 Å². The summed E-state index contributed by atoms with van der Waals surface area (Å²) < 4.78 is 1.56. The van der Waals surface area contributed by atoms with E-state index in [9.17, 15) is 4.79 Å². The van der Waals surface area contributed by atoms with Crippen molar-refractivity contribution in [1.82, 2.24) is 9.38 Å². The van der Waals surface area contributed by atoms with Crippen molar-refractivity contribution in [2.75, 3.05) is 0 Å². The predicted octanol–water partition coefficient (Wildman–Crippen LogP) is 3.18. The third-order valence-electron chi connectivity index (χ3n) is 3.95. The zero-order valence-electron chi connectivity index (χ0n) is 11.9. The number of pyridine rings is 3. The fourth-order valence-electron chi connectivity index (χ4n) is 2.94. The second-order valence-electron chi connectivity index (χ2n) is 5.27. The summed E-state index contributed by atoms with van der Waals surface area (Å²) in [5.74, 6) is 0. The van der Waals surface area contributed by atoms with Gasteiger partial charge in [-0.25, -0.2) is 0 Å². The number of nitriles is 1. The molecule has 3 heterocycles. The molecular formula is C18H11N3O. The van der Waals surface area contributed by atoms with Crippen LogP contribution < -0.4 is 5.56 Å². The van der Waals surface area contributed by atoms with Crippen molar-refractivity contribution in [2.24, 2.45) is 0 Å². The van der Waals surface area contributed by atoms with Crippen LogP contribution in [0.15, 0.2) is 53.5 Å². The number of fused-ring (bicyclic) bond motifs is 4. The van der Waals surface area contributed by atoms with E-state index >= 15 is 0 Å². The SMILES string of the molecule is Cc1nc2ccccc2c2cc3cc(C#N)ccn3c(=O)c12. The average Bonchev–Trinajstić information content (AvgIpc) is 2.54. The van der Waals surface area contributed by atoms with Gasteiger partial charge < -0.3 is 0 Å². The monoisotopic (exact) mass is 285 g/mol. The van der Waals surface area contributed by atoms with E-state index in [1.54, 1.807) is 22.7 Å². The molecule has 0 spiro atoms. The Hall–Kier alpha value is -3.19. The van der Waals surface area contributed by atoms with Crippen molar-refractivity contribution in [3.8, 4) is 6.07 Å². The van der Waals surface area contributed by atoms with Gasteiger partial charge in [0.15, 0.2) is 0 Å². The first-order valence-electron chi connectivity index (χ1n) is 6.93. The lowest BCUT2D eigenvalue weighted by Gasteiger charge is -2.09. The van der Waals surface area contributed by atoms with E-state index < -0.39 is 0 Å². The highest BCUT2D eigenvalue weighted by Crippen LogP contribution is 2.25. The van der Waals surface area contributed by atoms with Gasteiger partial charge in [-0.1, -0.05) is 18.2 Å². The quantitative estimate of drug-likeness (QED) is 0.368. The topological polar surface area (TPSA) is 58.2 Å². The van der Waals surface area contributed by atoms with Gasteiger partial charge >= 0.3 is 0 Å². The van der Waals surface area contributed by atoms with Gasteiger partial charge in [0.05, 0.1) is 33.7 Å². The molecule has 0 atom stereocenters. The minimum Gasteiger partial charge on any atom is -0.284 e. The van der Waals surface area contributed by atoms with Crippen molar-refractivity contribution in [1.29, 1.82) is 5.26 Å². The van der Waals surface area contributed by atoms with Gasteiger partial charge in [0.2, 0.25) is 0 Å². The minimum atomic E-state index is -0.104. The van der Waals surface area contributed by atoms with Crippen molar-refractivity contribution in [2.45, 2.75) is 6.92 Å². The Labute approximate surface area is 125 Å². The molecule has 22 heavy (non-hydrogen) atoms. The van der Waals surface area contributed by atoms with Gasteiger partial charge in [0, 0.05) is 17.0 Å². The fourth-order valence-corrected chi connectivity index (χ4v) is 2.94. The second kappa shape index (κ2) is 4.40. The molecule has 0 saturated heterocycles. The second-order valence-corrected chi connectivity index (χ2v) is 5.27. The van der Waals surface area contributed by atoms with E-state index in [1.165, 1.54) is 0 Å². The third-order valence-corrected chi connectivity index (χ3v) is 3.95. The Bertz CT molecular complexity index is 1170. The van der Waals surface area contributed by atoms with Crippen molar-refractivity contribution in [3.63, 3.8) is 0 Å². The smallest absolute Gasteiger partial charge is 0.264 e. The molecule has 0 radical (unpaired) electrons. The molecule has 0 aliphatic heterocycles. The minimum absolute atomic E-state index is 0.104. The van der Waals surface area contributed by atoms with E-state index in [1.807, 2.05) is 37.3 Å². The van der Waals surface area contributed by atoms with Crippen LogP contribution in [0.1, 0.15) is 11.3 Å². The molecule has 4 heteroatoms. The Balaban J connectivity index is 2.32. The lowest BCUT2D eigenvalue weighted by Crippen LogP contribution is -2.15. The summed E-state index contributed by atoms with van der Waals surface area (Å²) in [5, 5.41) is 11.5. The van der Waals surface area contributed by atoms with Gasteiger partial charge in [0.1, 0.15) is 0 Å². The van der Waals surface area contributed by atoms with Crippen LogP contribution in [0.2, 0.25) is 0 Å². The van der Waals surface area contributed by atoms with Crippen LogP contribution in [0, 0.1) is 18.3 Å². The lowest BCUT2D eigenvalue weighted by molar-refractivity contribution is 1.11. The number of rotatable bonds is 0.